The minimum absolute atomic E-state index is 0.00610. The first-order valence-electron chi connectivity index (χ1n) is 5.09. The quantitative estimate of drug-likeness (QED) is 0.722. The lowest BCUT2D eigenvalue weighted by molar-refractivity contribution is -0.127. The van der Waals surface area contributed by atoms with E-state index in [1.807, 2.05) is 6.07 Å². The summed E-state index contributed by atoms with van der Waals surface area (Å²) in [6.45, 7) is 0.817. The number of nitrogens with one attached hydrogen (secondary N) is 1. The highest BCUT2D eigenvalue weighted by Crippen LogP contribution is 2.00. The average Bonchev–Trinajstić information content (AvgIpc) is 2.29. The monoisotopic (exact) mass is 223 g/mol. The number of nitrogens with zero attached hydrogens (tertiary/aromatic N) is 2. The molecule has 1 rings (SSSR count). The van der Waals surface area contributed by atoms with Crippen molar-refractivity contribution < 1.29 is 9.90 Å². The van der Waals surface area contributed by atoms with E-state index < -0.39 is 0 Å². The molecule has 5 nitrogen and oxygen atoms in total. The Morgan fingerprint density at radius 3 is 2.94 bits per heavy atom. The smallest absolute Gasteiger partial charge is 0.236 e. The Bertz CT molecular complexity index is 353. The summed E-state index contributed by atoms with van der Waals surface area (Å²) in [5.41, 5.74) is 1.64. The van der Waals surface area contributed by atoms with Gasteiger partial charge in [0.2, 0.25) is 5.91 Å². The van der Waals surface area contributed by atoms with Crippen molar-refractivity contribution in [3.63, 3.8) is 0 Å². The largest absolute Gasteiger partial charge is 0.392 e. The maximum Gasteiger partial charge on any atom is 0.236 e. The van der Waals surface area contributed by atoms with E-state index >= 15 is 0 Å². The van der Waals surface area contributed by atoms with Crippen LogP contribution in [-0.4, -0.2) is 41.5 Å². The van der Waals surface area contributed by atoms with Crippen LogP contribution in [0, 0.1) is 0 Å². The summed E-state index contributed by atoms with van der Waals surface area (Å²) in [5.74, 6) is 0.0262. The van der Waals surface area contributed by atoms with Crippen LogP contribution in [-0.2, 0) is 17.9 Å². The lowest BCUT2D eigenvalue weighted by Gasteiger charge is -2.10. The van der Waals surface area contributed by atoms with Crippen LogP contribution in [0.4, 0.5) is 0 Å². The molecule has 0 saturated heterocycles. The molecule has 1 heterocycles. The second kappa shape index (κ2) is 6.19. The average molecular weight is 223 g/mol. The molecule has 1 aromatic heterocycles. The molecule has 16 heavy (non-hydrogen) atoms. The highest BCUT2D eigenvalue weighted by Gasteiger charge is 2.03. The first kappa shape index (κ1) is 12.6. The van der Waals surface area contributed by atoms with Crippen LogP contribution >= 0.6 is 0 Å². The minimum atomic E-state index is 0.00610. The van der Waals surface area contributed by atoms with E-state index in [1.54, 1.807) is 26.4 Å². The van der Waals surface area contributed by atoms with Gasteiger partial charge in [0.1, 0.15) is 0 Å². The van der Waals surface area contributed by atoms with Gasteiger partial charge in [-0.1, -0.05) is 0 Å². The van der Waals surface area contributed by atoms with Gasteiger partial charge in [-0.25, -0.2) is 0 Å². The summed E-state index contributed by atoms with van der Waals surface area (Å²) < 4.78 is 0. The number of carbonyl (C=O) groups is 1. The van der Waals surface area contributed by atoms with Gasteiger partial charge in [-0.3, -0.25) is 9.78 Å². The number of carbonyl (C=O) groups excluding carboxylic acids is 1. The predicted molar refractivity (Wildman–Crippen MR) is 60.6 cm³/mol. The highest BCUT2D eigenvalue weighted by atomic mass is 16.3. The second-order valence-corrected chi connectivity index (χ2v) is 3.71. The molecule has 0 aliphatic heterocycles. The van der Waals surface area contributed by atoms with Crippen LogP contribution in [0.25, 0.3) is 0 Å². The molecular formula is C11H17N3O2. The van der Waals surface area contributed by atoms with Crippen molar-refractivity contribution in [2.45, 2.75) is 13.2 Å². The summed E-state index contributed by atoms with van der Waals surface area (Å²) in [4.78, 5) is 16.9. The Hall–Kier alpha value is -1.46. The number of hydrogen-bond acceptors (Lipinski definition) is 4. The molecule has 0 fully saturated rings. The van der Waals surface area contributed by atoms with E-state index in [9.17, 15) is 4.79 Å². The van der Waals surface area contributed by atoms with Crippen LogP contribution < -0.4 is 5.32 Å². The standard InChI is InChI=1S/C11H17N3O2/c1-14(2)11(16)7-12-6-10-5-9(8-15)3-4-13-10/h3-5,12,15H,6-8H2,1-2H3. The minimum Gasteiger partial charge on any atom is -0.392 e. The second-order valence-electron chi connectivity index (χ2n) is 3.71. The molecule has 0 aliphatic carbocycles. The molecule has 0 unspecified atom stereocenters. The van der Waals surface area contributed by atoms with Crippen molar-refractivity contribution in [2.24, 2.45) is 0 Å². The van der Waals surface area contributed by atoms with E-state index in [0.717, 1.165) is 11.3 Å². The Kier molecular flexibility index (Phi) is 4.88. The molecule has 0 aromatic carbocycles. The van der Waals surface area contributed by atoms with Gasteiger partial charge in [-0.2, -0.15) is 0 Å². The van der Waals surface area contributed by atoms with Gasteiger partial charge in [0, 0.05) is 26.8 Å². The lowest BCUT2D eigenvalue weighted by Crippen LogP contribution is -2.32. The zero-order chi connectivity index (χ0) is 12.0. The van der Waals surface area contributed by atoms with Gasteiger partial charge >= 0.3 is 0 Å². The van der Waals surface area contributed by atoms with Gasteiger partial charge in [-0.15, -0.1) is 0 Å². The predicted octanol–water partition coefficient (Wildman–Crippen LogP) is -0.248. The fourth-order valence-corrected chi connectivity index (χ4v) is 1.18. The van der Waals surface area contributed by atoms with Crippen molar-refractivity contribution in [2.75, 3.05) is 20.6 Å². The van der Waals surface area contributed by atoms with Crippen molar-refractivity contribution in [1.29, 1.82) is 0 Å². The SMILES string of the molecule is CN(C)C(=O)CNCc1cc(CO)ccn1. The number of amides is 1. The molecular weight excluding hydrogens is 206 g/mol. The van der Waals surface area contributed by atoms with Gasteiger partial charge in [-0.05, 0) is 17.7 Å². The summed E-state index contributed by atoms with van der Waals surface area (Å²) in [6, 6.07) is 3.57. The van der Waals surface area contributed by atoms with Crippen LogP contribution in [0.2, 0.25) is 0 Å². The fourth-order valence-electron chi connectivity index (χ4n) is 1.18. The first-order valence-corrected chi connectivity index (χ1v) is 5.09. The summed E-state index contributed by atoms with van der Waals surface area (Å²) in [5, 5.41) is 11.9. The summed E-state index contributed by atoms with van der Waals surface area (Å²) in [7, 11) is 3.43. The van der Waals surface area contributed by atoms with Crippen LogP contribution in [0.15, 0.2) is 18.3 Å². The number of hydrogen-bond donors (Lipinski definition) is 2. The molecule has 0 radical (unpaired) electrons. The van der Waals surface area contributed by atoms with Gasteiger partial charge in [0.15, 0.2) is 0 Å². The maximum absolute atomic E-state index is 11.3. The zero-order valence-electron chi connectivity index (χ0n) is 9.60. The molecule has 0 aliphatic rings. The first-order chi connectivity index (χ1) is 7.63. The molecule has 1 amide bonds. The molecule has 0 spiro atoms. The third-order valence-electron chi connectivity index (χ3n) is 2.14. The van der Waals surface area contributed by atoms with E-state index in [-0.39, 0.29) is 19.1 Å². The van der Waals surface area contributed by atoms with Crippen LogP contribution in [0.5, 0.6) is 0 Å². The number of aromatic nitrogens is 1. The van der Waals surface area contributed by atoms with Gasteiger partial charge in [0.05, 0.1) is 18.8 Å². The number of rotatable bonds is 5. The molecule has 88 valence electrons. The van der Waals surface area contributed by atoms with Crippen molar-refractivity contribution in [3.8, 4) is 0 Å². The number of pyridine rings is 1. The van der Waals surface area contributed by atoms with Crippen molar-refractivity contribution in [3.05, 3.63) is 29.6 Å². The zero-order valence-corrected chi connectivity index (χ0v) is 9.60. The normalized spacial score (nSPS) is 10.2. The van der Waals surface area contributed by atoms with Gasteiger partial charge in [0.25, 0.3) is 0 Å². The van der Waals surface area contributed by atoms with Gasteiger partial charge < -0.3 is 15.3 Å². The number of aliphatic hydroxyl groups is 1. The van der Waals surface area contributed by atoms with Crippen LogP contribution in [0.1, 0.15) is 11.3 Å². The molecule has 0 saturated carbocycles. The summed E-state index contributed by atoms with van der Waals surface area (Å²) >= 11 is 0. The molecule has 0 bridgehead atoms. The summed E-state index contributed by atoms with van der Waals surface area (Å²) in [6.07, 6.45) is 1.65. The molecule has 0 atom stereocenters. The third kappa shape index (κ3) is 3.96. The molecule has 2 N–H and O–H groups in total. The Morgan fingerprint density at radius 1 is 1.56 bits per heavy atom. The number of likely N-dealkylation sites (N-methyl/N-ethyl adjacent to an activating group) is 1. The third-order valence-corrected chi connectivity index (χ3v) is 2.14. The Morgan fingerprint density at radius 2 is 2.31 bits per heavy atom. The Labute approximate surface area is 95.1 Å². The van der Waals surface area contributed by atoms with E-state index in [4.69, 9.17) is 5.11 Å². The van der Waals surface area contributed by atoms with Crippen molar-refractivity contribution >= 4 is 5.91 Å². The molecule has 5 heteroatoms. The topological polar surface area (TPSA) is 65.5 Å². The molecule has 1 aromatic rings. The fraction of sp³-hybridized carbons (Fsp3) is 0.455. The lowest BCUT2D eigenvalue weighted by atomic mass is 10.2. The highest BCUT2D eigenvalue weighted by molar-refractivity contribution is 5.77. The Balaban J connectivity index is 2.40. The van der Waals surface area contributed by atoms with Crippen LogP contribution in [0.3, 0.4) is 0 Å². The van der Waals surface area contributed by atoms with E-state index in [0.29, 0.717) is 6.54 Å². The van der Waals surface area contributed by atoms with Crippen molar-refractivity contribution in [1.82, 2.24) is 15.2 Å². The number of aliphatic hydroxyl groups excluding tert-OH is 1. The van der Waals surface area contributed by atoms with E-state index in [2.05, 4.69) is 10.3 Å². The maximum atomic E-state index is 11.3. The van der Waals surface area contributed by atoms with E-state index in [1.165, 1.54) is 4.90 Å².